The second-order valence-corrected chi connectivity index (χ2v) is 12.8. The van der Waals surface area contributed by atoms with Gasteiger partial charge in [0, 0.05) is 38.4 Å². The summed E-state index contributed by atoms with van der Waals surface area (Å²) < 4.78 is 8.68. The zero-order chi connectivity index (χ0) is 33.0. The number of fused-ring (bicyclic) bond motifs is 6. The Morgan fingerprint density at radius 3 is 1.76 bits per heavy atom. The highest BCUT2D eigenvalue weighted by molar-refractivity contribution is 6.10. The summed E-state index contributed by atoms with van der Waals surface area (Å²) in [4.78, 5) is 5.31. The van der Waals surface area contributed by atoms with Gasteiger partial charge in [0.25, 0.3) is 0 Å². The minimum atomic E-state index is 0.859. The summed E-state index contributed by atoms with van der Waals surface area (Å²) in [6.45, 7) is 0. The molecule has 0 fully saturated rings. The van der Waals surface area contributed by atoms with E-state index in [9.17, 15) is 0 Å². The summed E-state index contributed by atoms with van der Waals surface area (Å²) in [6, 6.07) is 64.4. The van der Waals surface area contributed by atoms with Crippen LogP contribution in [0.15, 0.2) is 186 Å². The minimum Gasteiger partial charge on any atom is -0.456 e. The van der Waals surface area contributed by atoms with Crippen molar-refractivity contribution in [2.75, 3.05) is 0 Å². The topological polar surface area (TPSA) is 31.0 Å². The molecule has 0 atom stereocenters. The van der Waals surface area contributed by atoms with Crippen LogP contribution in [0.4, 0.5) is 0 Å². The van der Waals surface area contributed by atoms with Crippen molar-refractivity contribution < 1.29 is 4.42 Å². The third kappa shape index (κ3) is 4.71. The summed E-state index contributed by atoms with van der Waals surface area (Å²) in [5.74, 6) is 0. The SMILES string of the molecule is c1ccc(-c2cccc(-c3cc(-c4ccc5c6ccccc6n(-c6ccccc6)c5c4)cc(-c4ccc5c(c4)oc4ccccc45)n3)c2)cc1. The molecule has 10 rings (SSSR count). The van der Waals surface area contributed by atoms with Crippen LogP contribution in [0.25, 0.3) is 94.2 Å². The van der Waals surface area contributed by atoms with Crippen molar-refractivity contribution in [3.05, 3.63) is 182 Å². The largest absolute Gasteiger partial charge is 0.456 e. The Kier molecular flexibility index (Phi) is 6.49. The standard InChI is InChI=1S/C47H30N2O/c1-3-12-31(13-4-1)32-14-11-15-34(26-32)42-27-36(28-43(48-42)35-23-25-41-40-19-8-10-21-46(40)50-47(41)30-35)33-22-24-39-38-18-7-9-20-44(38)49(45(39)29-33)37-16-5-2-6-17-37/h1-30H. The van der Waals surface area contributed by atoms with Gasteiger partial charge >= 0.3 is 0 Å². The van der Waals surface area contributed by atoms with Crippen molar-refractivity contribution >= 4 is 43.7 Å². The van der Waals surface area contributed by atoms with E-state index in [1.165, 1.54) is 27.4 Å². The van der Waals surface area contributed by atoms with Crippen LogP contribution >= 0.6 is 0 Å². The average molecular weight is 639 g/mol. The molecular formula is C47H30N2O. The van der Waals surface area contributed by atoms with Crippen LogP contribution in [-0.4, -0.2) is 9.55 Å². The maximum Gasteiger partial charge on any atom is 0.136 e. The lowest BCUT2D eigenvalue weighted by atomic mass is 9.97. The summed E-state index contributed by atoms with van der Waals surface area (Å²) in [5, 5.41) is 4.70. The van der Waals surface area contributed by atoms with Crippen molar-refractivity contribution in [1.29, 1.82) is 0 Å². The first-order valence-electron chi connectivity index (χ1n) is 17.0. The molecular weight excluding hydrogens is 609 g/mol. The first-order valence-corrected chi connectivity index (χ1v) is 17.0. The van der Waals surface area contributed by atoms with Crippen LogP contribution in [0.5, 0.6) is 0 Å². The third-order valence-electron chi connectivity index (χ3n) is 9.79. The van der Waals surface area contributed by atoms with Crippen LogP contribution in [-0.2, 0) is 0 Å². The number of pyridine rings is 1. The fourth-order valence-electron chi connectivity index (χ4n) is 7.37. The third-order valence-corrected chi connectivity index (χ3v) is 9.79. The molecule has 0 aliphatic rings. The molecule has 0 saturated heterocycles. The van der Waals surface area contributed by atoms with Crippen LogP contribution in [0.3, 0.4) is 0 Å². The lowest BCUT2D eigenvalue weighted by Crippen LogP contribution is -1.94. The lowest BCUT2D eigenvalue weighted by Gasteiger charge is -2.13. The van der Waals surface area contributed by atoms with Gasteiger partial charge in [0.05, 0.1) is 22.4 Å². The van der Waals surface area contributed by atoms with E-state index in [-0.39, 0.29) is 0 Å². The minimum absolute atomic E-state index is 0.859. The molecule has 0 spiro atoms. The smallest absolute Gasteiger partial charge is 0.136 e. The van der Waals surface area contributed by atoms with Gasteiger partial charge in [0.2, 0.25) is 0 Å². The van der Waals surface area contributed by atoms with Crippen molar-refractivity contribution in [1.82, 2.24) is 9.55 Å². The van der Waals surface area contributed by atoms with Gasteiger partial charge in [0.1, 0.15) is 11.2 Å². The van der Waals surface area contributed by atoms with Gasteiger partial charge in [-0.25, -0.2) is 4.98 Å². The summed E-state index contributed by atoms with van der Waals surface area (Å²) in [6.07, 6.45) is 0. The molecule has 3 nitrogen and oxygen atoms in total. The van der Waals surface area contributed by atoms with Crippen LogP contribution < -0.4 is 0 Å². The zero-order valence-electron chi connectivity index (χ0n) is 27.1. The van der Waals surface area contributed by atoms with E-state index in [1.54, 1.807) is 0 Å². The molecule has 10 aromatic rings. The van der Waals surface area contributed by atoms with Crippen molar-refractivity contribution in [2.45, 2.75) is 0 Å². The number of hydrogen-bond donors (Lipinski definition) is 0. The Balaban J connectivity index is 1.19. The van der Waals surface area contributed by atoms with E-state index in [1.807, 2.05) is 12.1 Å². The van der Waals surface area contributed by atoms with Crippen LogP contribution in [0.2, 0.25) is 0 Å². The van der Waals surface area contributed by atoms with Crippen molar-refractivity contribution in [3.8, 4) is 50.5 Å². The molecule has 0 amide bonds. The molecule has 3 aromatic heterocycles. The molecule has 50 heavy (non-hydrogen) atoms. The van der Waals surface area contributed by atoms with Crippen LogP contribution in [0.1, 0.15) is 0 Å². The number of hydrogen-bond acceptors (Lipinski definition) is 2. The van der Waals surface area contributed by atoms with Crippen molar-refractivity contribution in [3.63, 3.8) is 0 Å². The predicted molar refractivity (Wildman–Crippen MR) is 208 cm³/mol. The first-order chi connectivity index (χ1) is 24.8. The Bertz CT molecular complexity index is 2860. The number of para-hydroxylation sites is 3. The highest BCUT2D eigenvalue weighted by Gasteiger charge is 2.16. The zero-order valence-corrected chi connectivity index (χ0v) is 27.1. The molecule has 0 unspecified atom stereocenters. The summed E-state index contributed by atoms with van der Waals surface area (Å²) in [7, 11) is 0. The van der Waals surface area contributed by atoms with E-state index in [0.29, 0.717) is 0 Å². The Morgan fingerprint density at radius 1 is 0.340 bits per heavy atom. The quantitative estimate of drug-likeness (QED) is 0.188. The normalized spacial score (nSPS) is 11.6. The van der Waals surface area contributed by atoms with Gasteiger partial charge in [-0.05, 0) is 82.9 Å². The molecule has 7 aromatic carbocycles. The molecule has 0 aliphatic carbocycles. The fourth-order valence-corrected chi connectivity index (χ4v) is 7.37. The van der Waals surface area contributed by atoms with Gasteiger partial charge < -0.3 is 8.98 Å². The van der Waals surface area contributed by atoms with Gasteiger partial charge in [-0.2, -0.15) is 0 Å². The van der Waals surface area contributed by atoms with E-state index < -0.39 is 0 Å². The summed E-state index contributed by atoms with van der Waals surface area (Å²) in [5.41, 5.74) is 13.7. The lowest BCUT2D eigenvalue weighted by molar-refractivity contribution is 0.669. The molecule has 0 bridgehead atoms. The number of rotatable bonds is 5. The highest BCUT2D eigenvalue weighted by atomic mass is 16.3. The van der Waals surface area contributed by atoms with E-state index in [4.69, 9.17) is 9.40 Å². The fraction of sp³-hybridized carbons (Fsp3) is 0. The number of furan rings is 1. The number of aromatic nitrogens is 2. The molecule has 3 heterocycles. The molecule has 0 saturated carbocycles. The highest BCUT2D eigenvalue weighted by Crippen LogP contribution is 2.38. The maximum atomic E-state index is 6.31. The van der Waals surface area contributed by atoms with Gasteiger partial charge in [-0.3, -0.25) is 0 Å². The van der Waals surface area contributed by atoms with Gasteiger partial charge in [0.15, 0.2) is 0 Å². The molecule has 0 aliphatic heterocycles. The van der Waals surface area contributed by atoms with Crippen LogP contribution in [0, 0.1) is 0 Å². The number of nitrogens with zero attached hydrogens (tertiary/aromatic N) is 2. The van der Waals surface area contributed by atoms with Gasteiger partial charge in [-0.15, -0.1) is 0 Å². The van der Waals surface area contributed by atoms with E-state index in [0.717, 1.165) is 66.8 Å². The summed E-state index contributed by atoms with van der Waals surface area (Å²) >= 11 is 0. The van der Waals surface area contributed by atoms with E-state index >= 15 is 0 Å². The Morgan fingerprint density at radius 2 is 0.920 bits per heavy atom. The molecule has 0 N–H and O–H groups in total. The predicted octanol–water partition coefficient (Wildman–Crippen LogP) is 12.7. The van der Waals surface area contributed by atoms with E-state index in [2.05, 4.69) is 174 Å². The second kappa shape index (κ2) is 11.5. The average Bonchev–Trinajstić information content (AvgIpc) is 3.73. The Hall–Kier alpha value is -6.71. The molecule has 3 heteroatoms. The second-order valence-electron chi connectivity index (χ2n) is 12.8. The van der Waals surface area contributed by atoms with Gasteiger partial charge in [-0.1, -0.05) is 121 Å². The Labute approximate surface area is 289 Å². The monoisotopic (exact) mass is 638 g/mol. The molecule has 234 valence electrons. The molecule has 0 radical (unpaired) electrons. The number of benzene rings is 7. The maximum absolute atomic E-state index is 6.31. The van der Waals surface area contributed by atoms with Crippen molar-refractivity contribution in [2.24, 2.45) is 0 Å². The first kappa shape index (κ1) is 28.3.